The van der Waals surface area contributed by atoms with E-state index in [9.17, 15) is 0 Å². The Labute approximate surface area is 105 Å². The van der Waals surface area contributed by atoms with Crippen molar-refractivity contribution in [2.24, 2.45) is 0 Å². The second-order valence-electron chi connectivity index (χ2n) is 4.49. The Hall–Kier alpha value is -0.860. The van der Waals surface area contributed by atoms with E-state index >= 15 is 0 Å². The van der Waals surface area contributed by atoms with Gasteiger partial charge < -0.3 is 10.1 Å². The van der Waals surface area contributed by atoms with Crippen molar-refractivity contribution in [3.05, 3.63) is 35.9 Å². The first kappa shape index (κ1) is 14.2. The smallest absolute Gasteiger partial charge is 0.0506 e. The van der Waals surface area contributed by atoms with E-state index in [0.717, 1.165) is 32.6 Å². The van der Waals surface area contributed by atoms with Gasteiger partial charge in [-0.15, -0.1) is 0 Å². The van der Waals surface area contributed by atoms with Crippen LogP contribution >= 0.6 is 0 Å². The molecule has 0 aliphatic heterocycles. The Balaban J connectivity index is 1.97. The zero-order valence-corrected chi connectivity index (χ0v) is 11.1. The van der Waals surface area contributed by atoms with Crippen LogP contribution in [0.15, 0.2) is 30.3 Å². The maximum atomic E-state index is 5.65. The van der Waals surface area contributed by atoms with Crippen LogP contribution in [-0.2, 0) is 11.2 Å². The van der Waals surface area contributed by atoms with Gasteiger partial charge in [0.2, 0.25) is 0 Å². The summed E-state index contributed by atoms with van der Waals surface area (Å²) in [5, 5.41) is 3.46. The van der Waals surface area contributed by atoms with E-state index in [-0.39, 0.29) is 0 Å². The summed E-state index contributed by atoms with van der Waals surface area (Å²) < 4.78 is 5.65. The number of hydrogen-bond acceptors (Lipinski definition) is 2. The number of nitrogens with one attached hydrogen (secondary N) is 1. The predicted molar refractivity (Wildman–Crippen MR) is 73.3 cm³/mol. The van der Waals surface area contributed by atoms with Gasteiger partial charge in [-0.2, -0.15) is 0 Å². The number of hydrogen-bond donors (Lipinski definition) is 1. The van der Waals surface area contributed by atoms with Crippen LogP contribution in [-0.4, -0.2) is 25.8 Å². The van der Waals surface area contributed by atoms with Crippen LogP contribution in [0.5, 0.6) is 0 Å². The monoisotopic (exact) mass is 235 g/mol. The van der Waals surface area contributed by atoms with E-state index in [4.69, 9.17) is 4.74 Å². The summed E-state index contributed by atoms with van der Waals surface area (Å²) in [6.45, 7) is 7.19. The molecule has 17 heavy (non-hydrogen) atoms. The van der Waals surface area contributed by atoms with E-state index in [2.05, 4.69) is 43.4 Å². The second kappa shape index (κ2) is 9.20. The molecule has 0 radical (unpaired) electrons. The number of benzene rings is 1. The van der Waals surface area contributed by atoms with Gasteiger partial charge >= 0.3 is 0 Å². The fraction of sp³-hybridized carbons (Fsp3) is 0.600. The minimum atomic E-state index is 0.562. The molecule has 0 aliphatic carbocycles. The Bertz CT molecular complexity index is 274. The third kappa shape index (κ3) is 7.14. The van der Waals surface area contributed by atoms with Gasteiger partial charge in [0.25, 0.3) is 0 Å². The average molecular weight is 235 g/mol. The lowest BCUT2D eigenvalue weighted by molar-refractivity contribution is 0.128. The van der Waals surface area contributed by atoms with Crippen LogP contribution in [0, 0.1) is 0 Å². The Morgan fingerprint density at radius 1 is 1.18 bits per heavy atom. The Morgan fingerprint density at radius 2 is 1.94 bits per heavy atom. The molecule has 0 amide bonds. The maximum absolute atomic E-state index is 5.65. The van der Waals surface area contributed by atoms with Gasteiger partial charge in [-0.1, -0.05) is 37.3 Å². The first-order valence-corrected chi connectivity index (χ1v) is 6.68. The van der Waals surface area contributed by atoms with E-state index in [0.29, 0.717) is 6.04 Å². The van der Waals surface area contributed by atoms with Crippen LogP contribution in [0.2, 0.25) is 0 Å². The van der Waals surface area contributed by atoms with Gasteiger partial charge in [-0.25, -0.2) is 0 Å². The molecule has 0 saturated heterocycles. The molecule has 2 heteroatoms. The van der Waals surface area contributed by atoms with E-state index in [1.54, 1.807) is 0 Å². The molecule has 0 saturated carbocycles. The minimum absolute atomic E-state index is 0.562. The van der Waals surface area contributed by atoms with Gasteiger partial charge in [0, 0.05) is 12.6 Å². The van der Waals surface area contributed by atoms with Crippen LogP contribution in [0.3, 0.4) is 0 Å². The molecule has 0 aliphatic rings. The van der Waals surface area contributed by atoms with Crippen molar-refractivity contribution in [3.8, 4) is 0 Å². The fourth-order valence-corrected chi connectivity index (χ4v) is 1.69. The summed E-state index contributed by atoms with van der Waals surface area (Å²) in [5.41, 5.74) is 1.35. The van der Waals surface area contributed by atoms with Crippen molar-refractivity contribution >= 4 is 0 Å². The molecule has 1 unspecified atom stereocenters. The van der Waals surface area contributed by atoms with Crippen molar-refractivity contribution in [1.82, 2.24) is 5.32 Å². The predicted octanol–water partition coefficient (Wildman–Crippen LogP) is 3.02. The van der Waals surface area contributed by atoms with Crippen molar-refractivity contribution in [2.45, 2.75) is 39.2 Å². The quantitative estimate of drug-likeness (QED) is 0.664. The fourth-order valence-electron chi connectivity index (χ4n) is 1.69. The first-order valence-electron chi connectivity index (χ1n) is 6.68. The van der Waals surface area contributed by atoms with Gasteiger partial charge in [-0.3, -0.25) is 0 Å². The second-order valence-corrected chi connectivity index (χ2v) is 4.49. The first-order chi connectivity index (χ1) is 8.33. The van der Waals surface area contributed by atoms with E-state index < -0.39 is 0 Å². The molecule has 1 atom stereocenters. The highest BCUT2D eigenvalue weighted by Crippen LogP contribution is 2.00. The highest BCUT2D eigenvalue weighted by molar-refractivity contribution is 5.14. The van der Waals surface area contributed by atoms with Crippen molar-refractivity contribution in [1.29, 1.82) is 0 Å². The Morgan fingerprint density at radius 3 is 2.65 bits per heavy atom. The summed E-state index contributed by atoms with van der Waals surface area (Å²) in [4.78, 5) is 0. The standard InChI is InChI=1S/C15H25NO/c1-3-11-16-14(2)9-12-17-13-10-15-7-5-4-6-8-15/h4-8,14,16H,3,9-13H2,1-2H3. The summed E-state index contributed by atoms with van der Waals surface area (Å²) >= 11 is 0. The molecule has 1 rings (SSSR count). The summed E-state index contributed by atoms with van der Waals surface area (Å²) in [5.74, 6) is 0. The largest absolute Gasteiger partial charge is 0.381 e. The number of ether oxygens (including phenoxy) is 1. The molecule has 1 aromatic carbocycles. The molecule has 96 valence electrons. The van der Waals surface area contributed by atoms with E-state index in [1.165, 1.54) is 12.0 Å². The van der Waals surface area contributed by atoms with Crippen molar-refractivity contribution in [2.75, 3.05) is 19.8 Å². The molecule has 1 aromatic rings. The van der Waals surface area contributed by atoms with Gasteiger partial charge in [-0.05, 0) is 38.3 Å². The molecule has 0 fully saturated rings. The molecule has 0 heterocycles. The van der Waals surface area contributed by atoms with Crippen LogP contribution in [0.1, 0.15) is 32.3 Å². The van der Waals surface area contributed by atoms with Crippen LogP contribution in [0.25, 0.3) is 0 Å². The van der Waals surface area contributed by atoms with Crippen LogP contribution in [0.4, 0.5) is 0 Å². The lowest BCUT2D eigenvalue weighted by atomic mass is 10.2. The molecule has 1 N–H and O–H groups in total. The molecular weight excluding hydrogens is 210 g/mol. The average Bonchev–Trinajstić information content (AvgIpc) is 2.37. The Kier molecular flexibility index (Phi) is 7.69. The lowest BCUT2D eigenvalue weighted by Gasteiger charge is -2.13. The summed E-state index contributed by atoms with van der Waals surface area (Å²) in [6.07, 6.45) is 3.30. The molecule has 2 nitrogen and oxygen atoms in total. The highest BCUT2D eigenvalue weighted by Gasteiger charge is 1.99. The lowest BCUT2D eigenvalue weighted by Crippen LogP contribution is -2.27. The van der Waals surface area contributed by atoms with Crippen molar-refractivity contribution in [3.63, 3.8) is 0 Å². The van der Waals surface area contributed by atoms with Gasteiger partial charge in [0.15, 0.2) is 0 Å². The highest BCUT2D eigenvalue weighted by atomic mass is 16.5. The summed E-state index contributed by atoms with van der Waals surface area (Å²) in [7, 11) is 0. The van der Waals surface area contributed by atoms with Gasteiger partial charge in [0.1, 0.15) is 0 Å². The normalized spacial score (nSPS) is 12.6. The van der Waals surface area contributed by atoms with Gasteiger partial charge in [0.05, 0.1) is 6.61 Å². The molecule has 0 aromatic heterocycles. The summed E-state index contributed by atoms with van der Waals surface area (Å²) in [6, 6.07) is 11.1. The van der Waals surface area contributed by atoms with Crippen molar-refractivity contribution < 1.29 is 4.74 Å². The zero-order chi connectivity index (χ0) is 12.3. The molecular formula is C15H25NO. The van der Waals surface area contributed by atoms with Crippen LogP contribution < -0.4 is 5.32 Å². The third-order valence-corrected chi connectivity index (χ3v) is 2.82. The zero-order valence-electron chi connectivity index (χ0n) is 11.1. The third-order valence-electron chi connectivity index (χ3n) is 2.82. The SMILES string of the molecule is CCCNC(C)CCOCCc1ccccc1. The molecule has 0 bridgehead atoms. The maximum Gasteiger partial charge on any atom is 0.0506 e. The minimum Gasteiger partial charge on any atom is -0.381 e. The topological polar surface area (TPSA) is 21.3 Å². The van der Waals surface area contributed by atoms with E-state index in [1.807, 2.05) is 6.07 Å². The number of rotatable bonds is 9. The molecule has 0 spiro atoms.